The minimum absolute atomic E-state index is 0.0621. The third-order valence-electron chi connectivity index (χ3n) is 4.63. The van der Waals surface area contributed by atoms with Crippen molar-refractivity contribution in [2.24, 2.45) is 13.0 Å². The number of imidazole rings is 1. The molecule has 25 heavy (non-hydrogen) atoms. The van der Waals surface area contributed by atoms with E-state index >= 15 is 0 Å². The number of rotatable bonds is 5. The number of hydrogen-bond acceptors (Lipinski definition) is 6. The van der Waals surface area contributed by atoms with E-state index in [9.17, 15) is 9.90 Å². The van der Waals surface area contributed by atoms with Gasteiger partial charge in [0.25, 0.3) is 5.91 Å². The van der Waals surface area contributed by atoms with E-state index in [1.54, 1.807) is 23.5 Å². The van der Waals surface area contributed by atoms with Crippen molar-refractivity contribution in [3.8, 4) is 0 Å². The van der Waals surface area contributed by atoms with Gasteiger partial charge in [0.1, 0.15) is 11.9 Å². The maximum atomic E-state index is 12.6. The number of amides is 1. The SMILES string of the molecule is CCNc1ncc(C(=O)N2CCC(C(O)c3nccn3C)CC2)cn1. The summed E-state index contributed by atoms with van der Waals surface area (Å²) in [4.78, 5) is 26.9. The number of nitrogens with zero attached hydrogens (tertiary/aromatic N) is 5. The molecule has 134 valence electrons. The average molecular weight is 344 g/mol. The van der Waals surface area contributed by atoms with Crippen LogP contribution in [0.25, 0.3) is 0 Å². The van der Waals surface area contributed by atoms with Crippen LogP contribution in [0.5, 0.6) is 0 Å². The summed E-state index contributed by atoms with van der Waals surface area (Å²) in [5.74, 6) is 1.25. The maximum Gasteiger partial charge on any atom is 0.256 e. The van der Waals surface area contributed by atoms with Crippen molar-refractivity contribution in [2.45, 2.75) is 25.9 Å². The number of anilines is 1. The molecule has 3 rings (SSSR count). The van der Waals surface area contributed by atoms with Gasteiger partial charge in [0.05, 0.1) is 5.56 Å². The summed E-state index contributed by atoms with van der Waals surface area (Å²) in [5, 5.41) is 13.5. The van der Waals surface area contributed by atoms with Gasteiger partial charge in [-0.05, 0) is 25.7 Å². The quantitative estimate of drug-likeness (QED) is 0.847. The molecule has 1 fully saturated rings. The van der Waals surface area contributed by atoms with Crippen LogP contribution >= 0.6 is 0 Å². The van der Waals surface area contributed by atoms with Gasteiger partial charge in [-0.2, -0.15) is 0 Å². The third-order valence-corrected chi connectivity index (χ3v) is 4.63. The van der Waals surface area contributed by atoms with Gasteiger partial charge in [0, 0.05) is 51.5 Å². The van der Waals surface area contributed by atoms with Crippen LogP contribution in [-0.4, -0.2) is 55.1 Å². The first-order valence-electron chi connectivity index (χ1n) is 8.60. The number of carbonyl (C=O) groups excluding carboxylic acids is 1. The number of hydrogen-bond donors (Lipinski definition) is 2. The van der Waals surface area contributed by atoms with Crippen molar-refractivity contribution in [3.63, 3.8) is 0 Å². The maximum absolute atomic E-state index is 12.6. The molecule has 1 aliphatic heterocycles. The highest BCUT2D eigenvalue weighted by molar-refractivity contribution is 5.93. The Morgan fingerprint density at radius 2 is 2.00 bits per heavy atom. The summed E-state index contributed by atoms with van der Waals surface area (Å²) in [6, 6.07) is 0. The van der Waals surface area contributed by atoms with Crippen LogP contribution in [0.4, 0.5) is 5.95 Å². The molecule has 0 bridgehead atoms. The molecule has 1 amide bonds. The van der Waals surface area contributed by atoms with Crippen LogP contribution in [0.3, 0.4) is 0 Å². The van der Waals surface area contributed by atoms with Crippen LogP contribution in [0, 0.1) is 5.92 Å². The minimum Gasteiger partial charge on any atom is -0.385 e. The van der Waals surface area contributed by atoms with Crippen LogP contribution in [-0.2, 0) is 7.05 Å². The molecule has 1 unspecified atom stereocenters. The average Bonchev–Trinajstić information content (AvgIpc) is 3.07. The molecule has 0 radical (unpaired) electrons. The predicted molar refractivity (Wildman–Crippen MR) is 93.0 cm³/mol. The van der Waals surface area contributed by atoms with E-state index in [0.717, 1.165) is 19.4 Å². The molecule has 3 heterocycles. The smallest absolute Gasteiger partial charge is 0.256 e. The highest BCUT2D eigenvalue weighted by Gasteiger charge is 2.30. The first-order valence-corrected chi connectivity index (χ1v) is 8.60. The zero-order valence-electron chi connectivity index (χ0n) is 14.6. The number of nitrogens with one attached hydrogen (secondary N) is 1. The molecule has 2 aromatic heterocycles. The van der Waals surface area contributed by atoms with Crippen LogP contribution in [0.15, 0.2) is 24.8 Å². The normalized spacial score (nSPS) is 16.7. The Morgan fingerprint density at radius 1 is 1.32 bits per heavy atom. The Morgan fingerprint density at radius 3 is 2.56 bits per heavy atom. The van der Waals surface area contributed by atoms with Crippen molar-refractivity contribution in [1.82, 2.24) is 24.4 Å². The van der Waals surface area contributed by atoms with Gasteiger partial charge in [0.15, 0.2) is 0 Å². The van der Waals surface area contributed by atoms with Gasteiger partial charge < -0.3 is 19.9 Å². The van der Waals surface area contributed by atoms with E-state index in [4.69, 9.17) is 0 Å². The van der Waals surface area contributed by atoms with Crippen molar-refractivity contribution >= 4 is 11.9 Å². The molecule has 1 saturated heterocycles. The lowest BCUT2D eigenvalue weighted by atomic mass is 9.90. The van der Waals surface area contributed by atoms with Crippen molar-refractivity contribution < 1.29 is 9.90 Å². The van der Waals surface area contributed by atoms with Crippen LogP contribution in [0.2, 0.25) is 0 Å². The number of aliphatic hydroxyl groups excluding tert-OH is 1. The summed E-state index contributed by atoms with van der Waals surface area (Å²) >= 11 is 0. The summed E-state index contributed by atoms with van der Waals surface area (Å²) in [7, 11) is 1.88. The Hall–Kier alpha value is -2.48. The highest BCUT2D eigenvalue weighted by Crippen LogP contribution is 2.30. The summed E-state index contributed by atoms with van der Waals surface area (Å²) < 4.78 is 1.84. The lowest BCUT2D eigenvalue weighted by Crippen LogP contribution is -2.40. The van der Waals surface area contributed by atoms with Gasteiger partial charge in [0.2, 0.25) is 5.95 Å². The molecule has 1 atom stereocenters. The Labute approximate surface area is 146 Å². The molecule has 0 spiro atoms. The van der Waals surface area contributed by atoms with E-state index in [1.165, 1.54) is 0 Å². The molecule has 1 aliphatic rings. The first kappa shape index (κ1) is 17.3. The number of likely N-dealkylation sites (tertiary alicyclic amines) is 1. The van der Waals surface area contributed by atoms with Gasteiger partial charge in [-0.25, -0.2) is 15.0 Å². The number of piperidine rings is 1. The van der Waals surface area contributed by atoms with E-state index in [-0.39, 0.29) is 11.8 Å². The Balaban J connectivity index is 1.58. The van der Waals surface area contributed by atoms with Crippen molar-refractivity contribution in [2.75, 3.05) is 25.0 Å². The number of carbonyl (C=O) groups is 1. The lowest BCUT2D eigenvalue weighted by molar-refractivity contribution is 0.0419. The second-order valence-corrected chi connectivity index (χ2v) is 6.30. The second-order valence-electron chi connectivity index (χ2n) is 6.30. The summed E-state index contributed by atoms with van der Waals surface area (Å²) in [6.07, 6.45) is 7.53. The zero-order valence-corrected chi connectivity index (χ0v) is 14.6. The topological polar surface area (TPSA) is 96.2 Å². The monoisotopic (exact) mass is 344 g/mol. The van der Waals surface area contributed by atoms with E-state index < -0.39 is 6.10 Å². The fourth-order valence-corrected chi connectivity index (χ4v) is 3.16. The fraction of sp³-hybridized carbons (Fsp3) is 0.529. The molecular weight excluding hydrogens is 320 g/mol. The molecular formula is C17H24N6O2. The summed E-state index contributed by atoms with van der Waals surface area (Å²) in [5.41, 5.74) is 0.491. The Kier molecular flexibility index (Phi) is 5.28. The fourth-order valence-electron chi connectivity index (χ4n) is 3.16. The Bertz CT molecular complexity index is 706. The standard InChI is InChI=1S/C17H24N6O2/c1-3-18-17-20-10-13(11-21-17)16(25)23-7-4-12(5-8-23)14(24)15-19-6-9-22(15)2/h6,9-12,14,24H,3-5,7-8H2,1-2H3,(H,18,20,21). The van der Waals surface area contributed by atoms with Gasteiger partial charge in [-0.1, -0.05) is 0 Å². The van der Waals surface area contributed by atoms with Gasteiger partial charge in [-0.3, -0.25) is 4.79 Å². The molecule has 8 nitrogen and oxygen atoms in total. The molecule has 0 aromatic carbocycles. The van der Waals surface area contributed by atoms with Crippen LogP contribution in [0.1, 0.15) is 42.1 Å². The molecule has 2 aromatic rings. The predicted octanol–water partition coefficient (Wildman–Crippen LogP) is 1.23. The van der Waals surface area contributed by atoms with Gasteiger partial charge in [-0.15, -0.1) is 0 Å². The van der Waals surface area contributed by atoms with Crippen LogP contribution < -0.4 is 5.32 Å². The molecule has 0 aliphatic carbocycles. The van der Waals surface area contributed by atoms with E-state index in [0.29, 0.717) is 30.4 Å². The van der Waals surface area contributed by atoms with Crippen molar-refractivity contribution in [3.05, 3.63) is 36.2 Å². The number of aryl methyl sites for hydroxylation is 1. The minimum atomic E-state index is -0.597. The zero-order chi connectivity index (χ0) is 17.8. The number of aromatic nitrogens is 4. The molecule has 2 N–H and O–H groups in total. The van der Waals surface area contributed by atoms with E-state index in [2.05, 4.69) is 20.3 Å². The highest BCUT2D eigenvalue weighted by atomic mass is 16.3. The first-order chi connectivity index (χ1) is 12.1. The second kappa shape index (κ2) is 7.60. The third kappa shape index (κ3) is 3.79. The van der Waals surface area contributed by atoms with Crippen molar-refractivity contribution in [1.29, 1.82) is 0 Å². The summed E-state index contributed by atoms with van der Waals surface area (Å²) in [6.45, 7) is 3.92. The lowest BCUT2D eigenvalue weighted by Gasteiger charge is -2.34. The largest absolute Gasteiger partial charge is 0.385 e. The number of aliphatic hydroxyl groups is 1. The molecule has 8 heteroatoms. The molecule has 0 saturated carbocycles. The van der Waals surface area contributed by atoms with E-state index in [1.807, 2.05) is 24.7 Å². The van der Waals surface area contributed by atoms with Gasteiger partial charge >= 0.3 is 0 Å².